The molecule has 13 heteroatoms. The Morgan fingerprint density at radius 1 is 0.978 bits per heavy atom. The van der Waals surface area contributed by atoms with E-state index in [0.29, 0.717) is 11.0 Å². The van der Waals surface area contributed by atoms with Crippen LogP contribution in [0.25, 0.3) is 11.0 Å². The Kier molecular flexibility index (Phi) is 10.9. The van der Waals surface area contributed by atoms with Crippen molar-refractivity contribution >= 4 is 40.7 Å². The number of rotatable bonds is 9. The Balaban J connectivity index is 1.87. The lowest BCUT2D eigenvalue weighted by molar-refractivity contribution is -0.123. The number of amides is 3. The highest BCUT2D eigenvalue weighted by molar-refractivity contribution is 5.96. The average molecular weight is 623 g/mol. The fourth-order valence-corrected chi connectivity index (χ4v) is 4.14. The number of hydrogen-bond acceptors (Lipinski definition) is 8. The maximum absolute atomic E-state index is 13.5. The van der Waals surface area contributed by atoms with E-state index in [9.17, 15) is 24.0 Å². The number of fused-ring (bicyclic) bond motifs is 1. The van der Waals surface area contributed by atoms with Crippen LogP contribution in [0.1, 0.15) is 60.2 Å². The molecule has 0 unspecified atom stereocenters. The highest BCUT2D eigenvalue weighted by Crippen LogP contribution is 2.20. The van der Waals surface area contributed by atoms with Gasteiger partial charge in [0.15, 0.2) is 0 Å². The molecule has 13 nitrogen and oxygen atoms in total. The van der Waals surface area contributed by atoms with Crippen LogP contribution in [-0.2, 0) is 25.6 Å². The zero-order valence-corrected chi connectivity index (χ0v) is 27.0. The minimum absolute atomic E-state index is 0.0447. The van der Waals surface area contributed by atoms with Crippen molar-refractivity contribution in [1.82, 2.24) is 24.3 Å². The fraction of sp³-hybridized carbons (Fsp3) is 0.438. The number of pyridine rings is 1. The Hall–Kier alpha value is -4.94. The van der Waals surface area contributed by atoms with Crippen LogP contribution in [0.4, 0.5) is 15.3 Å². The number of alkyl carbamates (subject to hydrolysis) is 1. The van der Waals surface area contributed by atoms with E-state index in [0.717, 1.165) is 0 Å². The molecular formula is C32H42N6O7. The van der Waals surface area contributed by atoms with E-state index in [2.05, 4.69) is 15.6 Å². The van der Waals surface area contributed by atoms with Gasteiger partial charge in [-0.15, -0.1) is 0 Å². The number of ether oxygens (including phenoxy) is 2. The molecule has 3 aromatic rings. The molecule has 0 aliphatic carbocycles. The number of likely N-dealkylation sites (N-methyl/N-ethyl adjacent to an activating group) is 1. The van der Waals surface area contributed by atoms with E-state index in [1.54, 1.807) is 92.0 Å². The van der Waals surface area contributed by atoms with Gasteiger partial charge in [-0.3, -0.25) is 14.4 Å². The maximum Gasteiger partial charge on any atom is 0.420 e. The third-order valence-electron chi connectivity index (χ3n) is 6.13. The van der Waals surface area contributed by atoms with E-state index in [4.69, 9.17) is 9.47 Å². The molecule has 0 saturated carbocycles. The monoisotopic (exact) mass is 622 g/mol. The van der Waals surface area contributed by atoms with Crippen molar-refractivity contribution in [2.45, 2.75) is 78.2 Å². The molecule has 0 bridgehead atoms. The number of hydrogen-bond donors (Lipinski definition) is 2. The lowest BCUT2D eigenvalue weighted by Crippen LogP contribution is -2.46. The second kappa shape index (κ2) is 14.2. The number of nitrogens with zero attached hydrogens (tertiary/aromatic N) is 4. The second-order valence-electron chi connectivity index (χ2n) is 12.6. The summed E-state index contributed by atoms with van der Waals surface area (Å²) in [4.78, 5) is 70.4. The van der Waals surface area contributed by atoms with Crippen LogP contribution in [-0.4, -0.2) is 74.4 Å². The number of imidazole rings is 1. The topological polar surface area (TPSA) is 154 Å². The van der Waals surface area contributed by atoms with Gasteiger partial charge in [0.25, 0.3) is 5.56 Å². The summed E-state index contributed by atoms with van der Waals surface area (Å²) in [6.45, 7) is 10.3. The molecule has 3 amide bonds. The first kappa shape index (κ1) is 34.5. The van der Waals surface area contributed by atoms with E-state index in [1.807, 2.05) is 0 Å². The summed E-state index contributed by atoms with van der Waals surface area (Å²) in [5, 5.41) is 5.16. The zero-order valence-electron chi connectivity index (χ0n) is 27.0. The van der Waals surface area contributed by atoms with E-state index >= 15 is 0 Å². The van der Waals surface area contributed by atoms with Gasteiger partial charge in [0.05, 0.1) is 17.6 Å². The predicted molar refractivity (Wildman–Crippen MR) is 170 cm³/mol. The van der Waals surface area contributed by atoms with Crippen LogP contribution in [0, 0.1) is 0 Å². The van der Waals surface area contributed by atoms with Gasteiger partial charge in [0, 0.05) is 20.3 Å². The first-order valence-electron chi connectivity index (χ1n) is 14.5. The molecule has 3 rings (SSSR count). The van der Waals surface area contributed by atoms with Gasteiger partial charge in [-0.05, 0) is 84.7 Å². The van der Waals surface area contributed by atoms with E-state index in [1.165, 1.54) is 32.4 Å². The number of allylic oxidation sites excluding steroid dienone is 1. The molecule has 1 aromatic carbocycles. The fourth-order valence-electron chi connectivity index (χ4n) is 4.14. The lowest BCUT2D eigenvalue weighted by atomic mass is 10.1. The van der Waals surface area contributed by atoms with Gasteiger partial charge in [-0.25, -0.2) is 19.1 Å². The molecule has 0 aliphatic rings. The molecule has 0 aliphatic heterocycles. The molecule has 0 fully saturated rings. The van der Waals surface area contributed by atoms with E-state index < -0.39 is 40.9 Å². The molecular weight excluding hydrogens is 580 g/mol. The zero-order chi connectivity index (χ0) is 33.5. The molecule has 2 N–H and O–H groups in total. The molecule has 242 valence electrons. The minimum Gasteiger partial charge on any atom is -0.444 e. The summed E-state index contributed by atoms with van der Waals surface area (Å²) < 4.78 is 13.6. The van der Waals surface area contributed by atoms with E-state index in [-0.39, 0.29) is 36.8 Å². The number of anilines is 1. The van der Waals surface area contributed by atoms with Crippen LogP contribution in [0.15, 0.2) is 59.5 Å². The summed E-state index contributed by atoms with van der Waals surface area (Å²) in [5.74, 6) is -0.607. The smallest absolute Gasteiger partial charge is 0.420 e. The molecule has 1 atom stereocenters. The van der Waals surface area contributed by atoms with Crippen molar-refractivity contribution in [2.75, 3.05) is 19.4 Å². The van der Waals surface area contributed by atoms with Crippen LogP contribution in [0.3, 0.4) is 0 Å². The Labute approximate surface area is 262 Å². The first-order chi connectivity index (χ1) is 20.9. The van der Waals surface area contributed by atoms with Crippen molar-refractivity contribution in [3.8, 4) is 0 Å². The summed E-state index contributed by atoms with van der Waals surface area (Å²) in [6.07, 6.45) is 3.47. The van der Waals surface area contributed by atoms with Crippen molar-refractivity contribution in [3.63, 3.8) is 0 Å². The molecule has 2 heterocycles. The number of nitrogens with one attached hydrogen (secondary N) is 2. The molecule has 45 heavy (non-hydrogen) atoms. The van der Waals surface area contributed by atoms with Crippen LogP contribution < -0.4 is 16.2 Å². The summed E-state index contributed by atoms with van der Waals surface area (Å²) >= 11 is 0. The highest BCUT2D eigenvalue weighted by atomic mass is 16.6. The van der Waals surface area contributed by atoms with Crippen molar-refractivity contribution in [1.29, 1.82) is 0 Å². The van der Waals surface area contributed by atoms with Gasteiger partial charge in [-0.2, -0.15) is 0 Å². The number of benzene rings is 1. The van der Waals surface area contributed by atoms with Crippen molar-refractivity contribution < 1.29 is 28.7 Å². The first-order valence-corrected chi connectivity index (χ1v) is 14.5. The van der Waals surface area contributed by atoms with Gasteiger partial charge in [0.1, 0.15) is 28.8 Å². The summed E-state index contributed by atoms with van der Waals surface area (Å²) in [7, 11) is 3.24. The second-order valence-corrected chi connectivity index (χ2v) is 12.6. The Bertz CT molecular complexity index is 1640. The standard InChI is InChI=1S/C32H42N6O7/c1-31(2,3)44-29(42)35-22(15-10-12-18-26(39)36(7)8)27(40)34-23-16-13-19-37(28(23)41)20-25-33-21-14-9-11-17-24(21)38(25)30(43)45-32(4,5)6/h9,11-14,16-19,22H,10,15,20H2,1-8H3,(H,34,40)(H,35,42)/b18-12+/t22-/m0/s1. The van der Waals surface area contributed by atoms with Crippen LogP contribution in [0.5, 0.6) is 0 Å². The number of carbonyl (C=O) groups excluding carboxylic acids is 4. The van der Waals surface area contributed by atoms with Gasteiger partial charge in [-0.1, -0.05) is 18.2 Å². The third kappa shape index (κ3) is 10.1. The van der Waals surface area contributed by atoms with Crippen LogP contribution in [0.2, 0.25) is 0 Å². The number of carbonyl (C=O) groups is 4. The van der Waals surface area contributed by atoms with Gasteiger partial charge < -0.3 is 29.6 Å². The van der Waals surface area contributed by atoms with Crippen molar-refractivity contribution in [3.05, 3.63) is 70.9 Å². The molecule has 0 radical (unpaired) electrons. The minimum atomic E-state index is -1.08. The quantitative estimate of drug-likeness (QED) is 0.335. The molecule has 0 spiro atoms. The predicted octanol–water partition coefficient (Wildman–Crippen LogP) is 4.29. The van der Waals surface area contributed by atoms with Crippen molar-refractivity contribution in [2.24, 2.45) is 0 Å². The number of para-hydroxylation sites is 2. The molecule has 2 aromatic heterocycles. The van der Waals surface area contributed by atoms with Gasteiger partial charge >= 0.3 is 12.2 Å². The average Bonchev–Trinajstić information content (AvgIpc) is 3.28. The number of aromatic nitrogens is 3. The highest BCUT2D eigenvalue weighted by Gasteiger charge is 2.26. The third-order valence-corrected chi connectivity index (χ3v) is 6.13. The normalized spacial score (nSPS) is 12.5. The summed E-state index contributed by atoms with van der Waals surface area (Å²) in [5.41, 5.74) is -1.09. The lowest BCUT2D eigenvalue weighted by Gasteiger charge is -2.23. The Morgan fingerprint density at radius 3 is 2.29 bits per heavy atom. The Morgan fingerprint density at radius 2 is 1.64 bits per heavy atom. The largest absolute Gasteiger partial charge is 0.444 e. The summed E-state index contributed by atoms with van der Waals surface area (Å²) in [6, 6.07) is 8.98. The SMILES string of the molecule is CN(C)C(=O)/C=C/CC[C@H](NC(=O)OC(C)(C)C)C(=O)Nc1cccn(Cc2nc3ccccc3n2C(=O)OC(C)(C)C)c1=O. The van der Waals surface area contributed by atoms with Crippen LogP contribution >= 0.6 is 0 Å². The molecule has 0 saturated heterocycles. The maximum atomic E-state index is 13.5. The van der Waals surface area contributed by atoms with Gasteiger partial charge in [0.2, 0.25) is 11.8 Å².